The van der Waals surface area contributed by atoms with Crippen LogP contribution >= 0.6 is 11.3 Å². The number of halogens is 1. The summed E-state index contributed by atoms with van der Waals surface area (Å²) < 4.78 is 15.9. The summed E-state index contributed by atoms with van der Waals surface area (Å²) in [4.78, 5) is 18.7. The summed E-state index contributed by atoms with van der Waals surface area (Å²) in [5, 5.41) is 3.84. The summed E-state index contributed by atoms with van der Waals surface area (Å²) in [6.45, 7) is 4.33. The zero-order chi connectivity index (χ0) is 18.0. The molecule has 25 heavy (non-hydrogen) atoms. The molecule has 1 aromatic carbocycles. The van der Waals surface area contributed by atoms with Crippen molar-refractivity contribution in [1.29, 1.82) is 0 Å². The van der Waals surface area contributed by atoms with Crippen LogP contribution in [0.15, 0.2) is 47.5 Å². The second kappa shape index (κ2) is 7.19. The molecule has 0 saturated carbocycles. The molecule has 0 aliphatic heterocycles. The maximum Gasteiger partial charge on any atom is 0.274 e. The number of hydrogen-bond donors (Lipinski definition) is 0. The molecule has 0 unspecified atom stereocenters. The van der Waals surface area contributed by atoms with Crippen LogP contribution in [0.2, 0.25) is 0 Å². The van der Waals surface area contributed by atoms with Gasteiger partial charge in [0.15, 0.2) is 0 Å². The van der Waals surface area contributed by atoms with E-state index in [2.05, 4.69) is 4.98 Å². The number of thiophene rings is 1. The van der Waals surface area contributed by atoms with E-state index in [4.69, 9.17) is 0 Å². The topological polar surface area (TPSA) is 38.1 Å². The normalized spacial score (nSPS) is 11.1. The average Bonchev–Trinajstić information content (AvgIpc) is 3.24. The number of carbonyl (C=O) groups is 1. The van der Waals surface area contributed by atoms with Crippen molar-refractivity contribution >= 4 is 17.2 Å². The maximum absolute atomic E-state index is 14.2. The molecule has 3 aromatic rings. The van der Waals surface area contributed by atoms with Crippen molar-refractivity contribution < 1.29 is 9.18 Å². The van der Waals surface area contributed by atoms with E-state index in [1.54, 1.807) is 28.1 Å². The molecular weight excluding hydrogens is 337 g/mol. The highest BCUT2D eigenvalue weighted by molar-refractivity contribution is 7.08. The Kier molecular flexibility index (Phi) is 4.99. The number of nitrogens with zero attached hydrogens (tertiary/aromatic N) is 3. The lowest BCUT2D eigenvalue weighted by molar-refractivity contribution is 0.0684. The fourth-order valence-corrected chi connectivity index (χ4v) is 3.32. The van der Waals surface area contributed by atoms with Gasteiger partial charge in [-0.25, -0.2) is 9.37 Å². The third-order valence-electron chi connectivity index (χ3n) is 4.02. The standard InChI is InChI=1S/C19H20FN3OS/c1-13(2)23(19(24)18-10-22(3)12-21-18)9-14-4-5-17(20)16(8-14)15-6-7-25-11-15/h4-8,10-13H,9H2,1-3H3. The molecule has 3 rings (SSSR count). The van der Waals surface area contributed by atoms with Gasteiger partial charge in [0.2, 0.25) is 0 Å². The molecule has 2 aromatic heterocycles. The summed E-state index contributed by atoms with van der Waals surface area (Å²) in [5.41, 5.74) is 2.72. The predicted octanol–water partition coefficient (Wildman–Crippen LogP) is 4.34. The van der Waals surface area contributed by atoms with Crippen molar-refractivity contribution in [2.24, 2.45) is 7.05 Å². The van der Waals surface area contributed by atoms with E-state index in [0.29, 0.717) is 17.8 Å². The Balaban J connectivity index is 1.88. The lowest BCUT2D eigenvalue weighted by Crippen LogP contribution is -2.36. The van der Waals surface area contributed by atoms with Gasteiger partial charge in [-0.1, -0.05) is 6.07 Å². The van der Waals surface area contributed by atoms with Crippen LogP contribution in [0.4, 0.5) is 4.39 Å². The monoisotopic (exact) mass is 357 g/mol. The highest BCUT2D eigenvalue weighted by atomic mass is 32.1. The lowest BCUT2D eigenvalue weighted by atomic mass is 10.0. The minimum atomic E-state index is -0.255. The number of rotatable bonds is 5. The number of carbonyl (C=O) groups excluding carboxylic acids is 1. The Bertz CT molecular complexity index is 871. The highest BCUT2D eigenvalue weighted by Crippen LogP contribution is 2.27. The molecule has 1 amide bonds. The molecule has 0 spiro atoms. The second-order valence-electron chi connectivity index (χ2n) is 6.28. The number of aryl methyl sites for hydroxylation is 1. The molecule has 0 aliphatic carbocycles. The number of aromatic nitrogens is 2. The summed E-state index contributed by atoms with van der Waals surface area (Å²) in [6, 6.07) is 6.91. The highest BCUT2D eigenvalue weighted by Gasteiger charge is 2.21. The molecule has 0 N–H and O–H groups in total. The van der Waals surface area contributed by atoms with Gasteiger partial charge in [-0.15, -0.1) is 0 Å². The van der Waals surface area contributed by atoms with Gasteiger partial charge in [0, 0.05) is 31.4 Å². The molecule has 0 aliphatic rings. The molecule has 130 valence electrons. The summed E-state index contributed by atoms with van der Waals surface area (Å²) in [6.07, 6.45) is 3.32. The first-order valence-corrected chi connectivity index (χ1v) is 9.00. The van der Waals surface area contributed by atoms with Crippen LogP contribution < -0.4 is 0 Å². The molecule has 0 saturated heterocycles. The maximum atomic E-state index is 14.2. The first kappa shape index (κ1) is 17.4. The molecule has 0 fully saturated rings. The van der Waals surface area contributed by atoms with E-state index in [9.17, 15) is 9.18 Å². The van der Waals surface area contributed by atoms with Crippen LogP contribution in [0.25, 0.3) is 11.1 Å². The van der Waals surface area contributed by atoms with E-state index < -0.39 is 0 Å². The predicted molar refractivity (Wildman–Crippen MR) is 97.9 cm³/mol. The fourth-order valence-electron chi connectivity index (χ4n) is 2.67. The van der Waals surface area contributed by atoms with Gasteiger partial charge < -0.3 is 9.47 Å². The van der Waals surface area contributed by atoms with E-state index in [0.717, 1.165) is 11.1 Å². The van der Waals surface area contributed by atoms with Crippen molar-refractivity contribution in [3.05, 3.63) is 64.6 Å². The Morgan fingerprint density at radius 2 is 2.16 bits per heavy atom. The van der Waals surface area contributed by atoms with Gasteiger partial charge in [-0.2, -0.15) is 11.3 Å². The van der Waals surface area contributed by atoms with Crippen LogP contribution in [0, 0.1) is 5.82 Å². The average molecular weight is 357 g/mol. The molecule has 0 atom stereocenters. The fraction of sp³-hybridized carbons (Fsp3) is 0.263. The number of benzene rings is 1. The number of hydrogen-bond acceptors (Lipinski definition) is 3. The van der Waals surface area contributed by atoms with Gasteiger partial charge >= 0.3 is 0 Å². The van der Waals surface area contributed by atoms with Crippen LogP contribution in [-0.4, -0.2) is 26.4 Å². The molecule has 2 heterocycles. The Labute approximate surface area is 150 Å². The van der Waals surface area contributed by atoms with Crippen molar-refractivity contribution in [2.45, 2.75) is 26.4 Å². The van der Waals surface area contributed by atoms with Gasteiger partial charge in [0.25, 0.3) is 5.91 Å². The molecule has 6 heteroatoms. The molecule has 4 nitrogen and oxygen atoms in total. The third kappa shape index (κ3) is 3.79. The smallest absolute Gasteiger partial charge is 0.274 e. The lowest BCUT2D eigenvalue weighted by Gasteiger charge is -2.26. The zero-order valence-corrected chi connectivity index (χ0v) is 15.3. The Morgan fingerprint density at radius 1 is 1.36 bits per heavy atom. The molecule has 0 radical (unpaired) electrons. The SMILES string of the molecule is CC(C)N(Cc1ccc(F)c(-c2ccsc2)c1)C(=O)c1cn(C)cn1. The minimum absolute atomic E-state index is 0.00385. The summed E-state index contributed by atoms with van der Waals surface area (Å²) >= 11 is 1.53. The van der Waals surface area contributed by atoms with E-state index in [1.165, 1.54) is 17.4 Å². The number of imidazole rings is 1. The van der Waals surface area contributed by atoms with Crippen molar-refractivity contribution in [2.75, 3.05) is 0 Å². The Morgan fingerprint density at radius 3 is 2.76 bits per heavy atom. The van der Waals surface area contributed by atoms with Crippen molar-refractivity contribution in [3.63, 3.8) is 0 Å². The number of amides is 1. The van der Waals surface area contributed by atoms with Crippen molar-refractivity contribution in [3.8, 4) is 11.1 Å². The first-order chi connectivity index (χ1) is 12.0. The van der Waals surface area contributed by atoms with Gasteiger partial charge in [-0.3, -0.25) is 4.79 Å². The van der Waals surface area contributed by atoms with Crippen molar-refractivity contribution in [1.82, 2.24) is 14.5 Å². The molecule has 0 bridgehead atoms. The molecular formula is C19H20FN3OS. The minimum Gasteiger partial charge on any atom is -0.340 e. The summed E-state index contributed by atoms with van der Waals surface area (Å²) in [5.74, 6) is -0.383. The van der Waals surface area contributed by atoms with Crippen LogP contribution in [0.3, 0.4) is 0 Å². The van der Waals surface area contributed by atoms with E-state index >= 15 is 0 Å². The van der Waals surface area contributed by atoms with E-state index in [-0.39, 0.29) is 17.8 Å². The van der Waals surface area contributed by atoms with Crippen LogP contribution in [0.5, 0.6) is 0 Å². The van der Waals surface area contributed by atoms with Gasteiger partial charge in [-0.05, 0) is 53.9 Å². The van der Waals surface area contributed by atoms with Crippen LogP contribution in [-0.2, 0) is 13.6 Å². The largest absolute Gasteiger partial charge is 0.340 e. The zero-order valence-electron chi connectivity index (χ0n) is 14.4. The van der Waals surface area contributed by atoms with Crippen LogP contribution in [0.1, 0.15) is 29.9 Å². The first-order valence-electron chi connectivity index (χ1n) is 8.05. The van der Waals surface area contributed by atoms with Gasteiger partial charge in [0.05, 0.1) is 6.33 Å². The Hall–Kier alpha value is -2.47. The second-order valence-corrected chi connectivity index (χ2v) is 7.06. The van der Waals surface area contributed by atoms with Gasteiger partial charge in [0.1, 0.15) is 11.5 Å². The summed E-state index contributed by atoms with van der Waals surface area (Å²) in [7, 11) is 1.83. The quantitative estimate of drug-likeness (QED) is 0.681. The third-order valence-corrected chi connectivity index (χ3v) is 4.71. The van der Waals surface area contributed by atoms with E-state index in [1.807, 2.05) is 43.8 Å².